The largest absolute Gasteiger partial charge is 0.449 e. The average Bonchev–Trinajstić information content (AvgIpc) is 3.22. The van der Waals surface area contributed by atoms with Crippen LogP contribution in [-0.4, -0.2) is 44.3 Å². The topological polar surface area (TPSA) is 67.9 Å². The van der Waals surface area contributed by atoms with Crippen molar-refractivity contribution in [2.75, 3.05) is 36.5 Å². The number of benzene rings is 2. The lowest BCUT2D eigenvalue weighted by Crippen LogP contribution is -2.36. The van der Waals surface area contributed by atoms with E-state index in [0.29, 0.717) is 11.3 Å². The molecule has 1 atom stereocenters. The van der Waals surface area contributed by atoms with E-state index in [-0.39, 0.29) is 5.91 Å². The van der Waals surface area contributed by atoms with Crippen molar-refractivity contribution in [2.24, 2.45) is 0 Å². The van der Waals surface area contributed by atoms with Gasteiger partial charge in [0.1, 0.15) is 0 Å². The molecule has 29 heavy (non-hydrogen) atoms. The predicted octanol–water partition coefficient (Wildman–Crippen LogP) is 3.20. The number of aryl methyl sites for hydroxylation is 2. The molecule has 1 aliphatic heterocycles. The van der Waals surface area contributed by atoms with Gasteiger partial charge in [-0.05, 0) is 73.7 Å². The highest BCUT2D eigenvalue weighted by Crippen LogP contribution is 2.23. The van der Waals surface area contributed by atoms with Crippen LogP contribution in [0.3, 0.4) is 0 Å². The molecule has 1 saturated heterocycles. The Morgan fingerprint density at radius 2 is 1.76 bits per heavy atom. The van der Waals surface area contributed by atoms with Crippen LogP contribution in [0.2, 0.25) is 0 Å². The quantitative estimate of drug-likeness (QED) is 0.789. The summed E-state index contributed by atoms with van der Waals surface area (Å²) >= 11 is 0. The SMILES string of the molecule is C[C@H](OC(=O)c1ccc2c(c1)CCC2)C(=O)Nc1ccc(N2CCOCC2)cc1. The van der Waals surface area contributed by atoms with Gasteiger partial charge in [-0.25, -0.2) is 4.79 Å². The fourth-order valence-electron chi connectivity index (χ4n) is 3.80. The molecule has 1 heterocycles. The highest BCUT2D eigenvalue weighted by atomic mass is 16.5. The van der Waals surface area contributed by atoms with E-state index in [1.807, 2.05) is 36.4 Å². The third kappa shape index (κ3) is 4.59. The van der Waals surface area contributed by atoms with Gasteiger partial charge in [0.25, 0.3) is 5.91 Å². The molecule has 0 unspecified atom stereocenters. The Labute approximate surface area is 170 Å². The van der Waals surface area contributed by atoms with Crippen molar-refractivity contribution < 1.29 is 19.1 Å². The zero-order chi connectivity index (χ0) is 20.2. The van der Waals surface area contributed by atoms with E-state index in [9.17, 15) is 9.59 Å². The number of hydrogen-bond acceptors (Lipinski definition) is 5. The van der Waals surface area contributed by atoms with Gasteiger partial charge in [-0.3, -0.25) is 4.79 Å². The van der Waals surface area contributed by atoms with Gasteiger partial charge in [-0.2, -0.15) is 0 Å². The van der Waals surface area contributed by atoms with E-state index >= 15 is 0 Å². The molecule has 2 aromatic rings. The molecule has 1 N–H and O–H groups in total. The third-order valence-corrected chi connectivity index (χ3v) is 5.50. The maximum absolute atomic E-state index is 12.4. The number of carbonyl (C=O) groups excluding carboxylic acids is 2. The number of hydrogen-bond donors (Lipinski definition) is 1. The monoisotopic (exact) mass is 394 g/mol. The number of amides is 1. The molecule has 1 aliphatic carbocycles. The minimum Gasteiger partial charge on any atom is -0.449 e. The first kappa shape index (κ1) is 19.5. The Bertz CT molecular complexity index is 888. The maximum Gasteiger partial charge on any atom is 0.338 e. The number of rotatable bonds is 5. The second-order valence-corrected chi connectivity index (χ2v) is 7.52. The van der Waals surface area contributed by atoms with Crippen LogP contribution >= 0.6 is 0 Å². The number of nitrogens with zero attached hydrogens (tertiary/aromatic N) is 1. The van der Waals surface area contributed by atoms with E-state index in [0.717, 1.165) is 51.3 Å². The normalized spacial score (nSPS) is 16.8. The Hall–Kier alpha value is -2.86. The van der Waals surface area contributed by atoms with Crippen LogP contribution in [0.1, 0.15) is 34.8 Å². The predicted molar refractivity (Wildman–Crippen MR) is 111 cm³/mol. The van der Waals surface area contributed by atoms with Gasteiger partial charge >= 0.3 is 5.97 Å². The van der Waals surface area contributed by atoms with Crippen LogP contribution in [0, 0.1) is 0 Å². The second kappa shape index (κ2) is 8.66. The molecule has 0 spiro atoms. The summed E-state index contributed by atoms with van der Waals surface area (Å²) in [5.41, 5.74) is 4.78. The summed E-state index contributed by atoms with van der Waals surface area (Å²) < 4.78 is 10.7. The smallest absolute Gasteiger partial charge is 0.338 e. The van der Waals surface area contributed by atoms with Gasteiger partial charge in [0.05, 0.1) is 18.8 Å². The summed E-state index contributed by atoms with van der Waals surface area (Å²) in [5.74, 6) is -0.816. The summed E-state index contributed by atoms with van der Waals surface area (Å²) in [4.78, 5) is 27.1. The molecule has 1 amide bonds. The first-order valence-electron chi connectivity index (χ1n) is 10.2. The molecule has 2 aliphatic rings. The van der Waals surface area contributed by atoms with Crippen molar-refractivity contribution in [3.8, 4) is 0 Å². The number of esters is 1. The number of carbonyl (C=O) groups is 2. The fourth-order valence-corrected chi connectivity index (χ4v) is 3.80. The highest BCUT2D eigenvalue weighted by molar-refractivity contribution is 5.97. The summed E-state index contributed by atoms with van der Waals surface area (Å²) in [6.45, 7) is 4.77. The van der Waals surface area contributed by atoms with Crippen molar-refractivity contribution in [3.05, 3.63) is 59.2 Å². The van der Waals surface area contributed by atoms with Crippen LogP contribution in [0.25, 0.3) is 0 Å². The minimum atomic E-state index is -0.880. The van der Waals surface area contributed by atoms with Crippen LogP contribution < -0.4 is 10.2 Å². The average molecular weight is 394 g/mol. The second-order valence-electron chi connectivity index (χ2n) is 7.52. The molecule has 6 heteroatoms. The van der Waals surface area contributed by atoms with Crippen molar-refractivity contribution >= 4 is 23.3 Å². The Kier molecular flexibility index (Phi) is 5.81. The molecule has 4 rings (SSSR count). The van der Waals surface area contributed by atoms with Gasteiger partial charge in [0.15, 0.2) is 6.10 Å². The van der Waals surface area contributed by atoms with Crippen molar-refractivity contribution in [1.29, 1.82) is 0 Å². The van der Waals surface area contributed by atoms with Crippen molar-refractivity contribution in [1.82, 2.24) is 0 Å². The van der Waals surface area contributed by atoms with Crippen molar-refractivity contribution in [3.63, 3.8) is 0 Å². The number of nitrogens with one attached hydrogen (secondary N) is 1. The van der Waals surface area contributed by atoms with Crippen LogP contribution in [-0.2, 0) is 27.1 Å². The molecular weight excluding hydrogens is 368 g/mol. The van der Waals surface area contributed by atoms with Gasteiger partial charge in [0, 0.05) is 24.5 Å². The molecule has 152 valence electrons. The van der Waals surface area contributed by atoms with E-state index in [1.54, 1.807) is 13.0 Å². The maximum atomic E-state index is 12.4. The van der Waals surface area contributed by atoms with Gasteiger partial charge in [0.2, 0.25) is 0 Å². The lowest BCUT2D eigenvalue weighted by molar-refractivity contribution is -0.123. The summed E-state index contributed by atoms with van der Waals surface area (Å²) in [6.07, 6.45) is 2.30. The van der Waals surface area contributed by atoms with Crippen LogP contribution in [0.5, 0.6) is 0 Å². The molecule has 6 nitrogen and oxygen atoms in total. The fraction of sp³-hybridized carbons (Fsp3) is 0.391. The minimum absolute atomic E-state index is 0.348. The molecule has 0 aromatic heterocycles. The molecule has 2 aromatic carbocycles. The summed E-state index contributed by atoms with van der Waals surface area (Å²) in [7, 11) is 0. The lowest BCUT2D eigenvalue weighted by Gasteiger charge is -2.28. The first-order valence-corrected chi connectivity index (χ1v) is 10.2. The van der Waals surface area contributed by atoms with Crippen LogP contribution in [0.15, 0.2) is 42.5 Å². The standard InChI is InChI=1S/C23H26N2O4/c1-16(29-23(27)19-6-5-17-3-2-4-18(17)15-19)22(26)24-20-7-9-21(10-8-20)25-11-13-28-14-12-25/h5-10,15-16H,2-4,11-14H2,1H3,(H,24,26)/t16-/m0/s1. The van der Waals surface area contributed by atoms with E-state index in [1.165, 1.54) is 11.1 Å². The van der Waals surface area contributed by atoms with E-state index in [4.69, 9.17) is 9.47 Å². The Morgan fingerprint density at radius 3 is 2.52 bits per heavy atom. The highest BCUT2D eigenvalue weighted by Gasteiger charge is 2.21. The number of ether oxygens (including phenoxy) is 2. The zero-order valence-corrected chi connectivity index (χ0v) is 16.6. The summed E-state index contributed by atoms with van der Waals surface area (Å²) in [5, 5.41) is 2.81. The molecule has 1 fully saturated rings. The summed E-state index contributed by atoms with van der Waals surface area (Å²) in [6, 6.07) is 13.3. The number of morpholine rings is 1. The lowest BCUT2D eigenvalue weighted by atomic mass is 10.1. The Balaban J connectivity index is 1.32. The molecule has 0 radical (unpaired) electrons. The molecule has 0 saturated carbocycles. The third-order valence-electron chi connectivity index (χ3n) is 5.50. The van der Waals surface area contributed by atoms with Gasteiger partial charge in [-0.15, -0.1) is 0 Å². The first-order chi connectivity index (χ1) is 14.1. The molecule has 0 bridgehead atoms. The van der Waals surface area contributed by atoms with E-state index < -0.39 is 12.1 Å². The van der Waals surface area contributed by atoms with E-state index in [2.05, 4.69) is 10.2 Å². The van der Waals surface area contributed by atoms with Gasteiger partial charge in [-0.1, -0.05) is 6.07 Å². The zero-order valence-electron chi connectivity index (χ0n) is 16.6. The van der Waals surface area contributed by atoms with Gasteiger partial charge < -0.3 is 19.7 Å². The molecular formula is C23H26N2O4. The number of fused-ring (bicyclic) bond motifs is 1. The van der Waals surface area contributed by atoms with Crippen LogP contribution in [0.4, 0.5) is 11.4 Å². The number of anilines is 2. The Morgan fingerprint density at radius 1 is 1.03 bits per heavy atom. The van der Waals surface area contributed by atoms with Crippen molar-refractivity contribution in [2.45, 2.75) is 32.3 Å².